The lowest BCUT2D eigenvalue weighted by atomic mass is 10.0. The van der Waals surface area contributed by atoms with Crippen molar-refractivity contribution in [1.29, 1.82) is 0 Å². The Labute approximate surface area is 75.5 Å². The van der Waals surface area contributed by atoms with Crippen molar-refractivity contribution in [2.45, 2.75) is 0 Å². The summed E-state index contributed by atoms with van der Waals surface area (Å²) in [6.07, 6.45) is -1.39. The molecule has 0 unspecified atom stereocenters. The van der Waals surface area contributed by atoms with Crippen LogP contribution >= 0.6 is 0 Å². The minimum absolute atomic E-state index is 0.218. The summed E-state index contributed by atoms with van der Waals surface area (Å²) in [5.74, 6) is 0.218. The first-order valence-electron chi connectivity index (χ1n) is 3.93. The first-order chi connectivity index (χ1) is 6.13. The SMILES string of the molecule is COC(=O)N1CC(CNC(=O)O)C1. The van der Waals surface area contributed by atoms with Gasteiger partial charge in [-0.25, -0.2) is 9.59 Å². The van der Waals surface area contributed by atoms with Gasteiger partial charge in [-0.3, -0.25) is 0 Å². The van der Waals surface area contributed by atoms with E-state index in [0.29, 0.717) is 19.6 Å². The van der Waals surface area contributed by atoms with Gasteiger partial charge in [0.2, 0.25) is 0 Å². The number of hydrogen-bond acceptors (Lipinski definition) is 3. The molecule has 0 spiro atoms. The highest BCUT2D eigenvalue weighted by Gasteiger charge is 2.31. The molecular formula is C7H12N2O4. The zero-order chi connectivity index (χ0) is 9.84. The molecule has 0 aromatic carbocycles. The second-order valence-corrected chi connectivity index (χ2v) is 2.93. The molecule has 2 N–H and O–H groups in total. The van der Waals surface area contributed by atoms with Crippen molar-refractivity contribution >= 4 is 12.2 Å². The van der Waals surface area contributed by atoms with E-state index in [1.807, 2.05) is 0 Å². The summed E-state index contributed by atoms with van der Waals surface area (Å²) in [6, 6.07) is 0. The number of carbonyl (C=O) groups excluding carboxylic acids is 1. The number of carboxylic acid groups (broad SMARTS) is 1. The van der Waals surface area contributed by atoms with Crippen LogP contribution in [0.4, 0.5) is 9.59 Å². The highest BCUT2D eigenvalue weighted by atomic mass is 16.5. The van der Waals surface area contributed by atoms with Crippen LogP contribution in [-0.2, 0) is 4.74 Å². The molecule has 0 radical (unpaired) electrons. The predicted octanol–water partition coefficient (Wildman–Crippen LogP) is -0.0478. The van der Waals surface area contributed by atoms with Crippen LogP contribution in [0.25, 0.3) is 0 Å². The van der Waals surface area contributed by atoms with Gasteiger partial charge in [0.05, 0.1) is 7.11 Å². The molecule has 1 saturated heterocycles. The largest absolute Gasteiger partial charge is 0.465 e. The van der Waals surface area contributed by atoms with Crippen molar-refractivity contribution < 1.29 is 19.4 Å². The summed E-state index contributed by atoms with van der Waals surface area (Å²) in [5, 5.41) is 10.5. The number of likely N-dealkylation sites (tertiary alicyclic amines) is 1. The fourth-order valence-corrected chi connectivity index (χ4v) is 1.21. The van der Waals surface area contributed by atoms with E-state index in [4.69, 9.17) is 5.11 Å². The van der Waals surface area contributed by atoms with Gasteiger partial charge in [0.25, 0.3) is 0 Å². The molecule has 1 aliphatic rings. The lowest BCUT2D eigenvalue weighted by Gasteiger charge is -2.37. The van der Waals surface area contributed by atoms with E-state index in [2.05, 4.69) is 10.1 Å². The molecule has 6 nitrogen and oxygen atoms in total. The lowest BCUT2D eigenvalue weighted by Crippen LogP contribution is -2.53. The number of nitrogens with zero attached hydrogens (tertiary/aromatic N) is 1. The number of amides is 2. The van der Waals surface area contributed by atoms with Crippen molar-refractivity contribution in [3.8, 4) is 0 Å². The summed E-state index contributed by atoms with van der Waals surface area (Å²) in [5.41, 5.74) is 0. The van der Waals surface area contributed by atoms with Gasteiger partial charge in [-0.2, -0.15) is 0 Å². The third kappa shape index (κ3) is 2.50. The number of nitrogens with one attached hydrogen (secondary N) is 1. The Bertz CT molecular complexity index is 213. The van der Waals surface area contributed by atoms with Crippen LogP contribution in [0.2, 0.25) is 0 Å². The maximum Gasteiger partial charge on any atom is 0.409 e. The summed E-state index contributed by atoms with van der Waals surface area (Å²) in [4.78, 5) is 22.5. The molecule has 13 heavy (non-hydrogen) atoms. The van der Waals surface area contributed by atoms with Crippen molar-refractivity contribution in [2.75, 3.05) is 26.7 Å². The molecule has 0 bridgehead atoms. The Morgan fingerprint density at radius 1 is 1.62 bits per heavy atom. The molecule has 6 heteroatoms. The van der Waals surface area contributed by atoms with Gasteiger partial charge in [0, 0.05) is 25.6 Å². The number of rotatable bonds is 2. The lowest BCUT2D eigenvalue weighted by molar-refractivity contribution is 0.0676. The summed E-state index contributed by atoms with van der Waals surface area (Å²) < 4.78 is 4.48. The third-order valence-corrected chi connectivity index (χ3v) is 1.93. The van der Waals surface area contributed by atoms with Gasteiger partial charge >= 0.3 is 12.2 Å². The quantitative estimate of drug-likeness (QED) is 0.637. The van der Waals surface area contributed by atoms with Crippen LogP contribution in [0.1, 0.15) is 0 Å². The molecule has 2 amide bonds. The fraction of sp³-hybridized carbons (Fsp3) is 0.714. The van der Waals surface area contributed by atoms with Crippen LogP contribution in [0.3, 0.4) is 0 Å². The van der Waals surface area contributed by atoms with Gasteiger partial charge in [-0.05, 0) is 0 Å². The molecule has 1 heterocycles. The number of methoxy groups -OCH3 is 1. The zero-order valence-corrected chi connectivity index (χ0v) is 7.32. The van der Waals surface area contributed by atoms with E-state index < -0.39 is 6.09 Å². The Morgan fingerprint density at radius 2 is 2.23 bits per heavy atom. The predicted molar refractivity (Wildman–Crippen MR) is 43.5 cm³/mol. The normalized spacial score (nSPS) is 16.2. The smallest absolute Gasteiger partial charge is 0.409 e. The first-order valence-corrected chi connectivity index (χ1v) is 3.93. The number of hydrogen-bond donors (Lipinski definition) is 2. The molecule has 0 aromatic rings. The van der Waals surface area contributed by atoms with E-state index in [1.165, 1.54) is 12.0 Å². The highest BCUT2D eigenvalue weighted by molar-refractivity contribution is 5.68. The molecule has 1 aliphatic heterocycles. The molecule has 0 saturated carbocycles. The van der Waals surface area contributed by atoms with E-state index in [0.717, 1.165) is 0 Å². The highest BCUT2D eigenvalue weighted by Crippen LogP contribution is 2.14. The van der Waals surface area contributed by atoms with E-state index in [1.54, 1.807) is 0 Å². The Kier molecular flexibility index (Phi) is 2.94. The first kappa shape index (κ1) is 9.63. The summed E-state index contributed by atoms with van der Waals surface area (Å²) >= 11 is 0. The molecule has 0 aliphatic carbocycles. The average Bonchev–Trinajstić information content (AvgIpc) is 2.00. The fourth-order valence-electron chi connectivity index (χ4n) is 1.21. The minimum atomic E-state index is -1.03. The molecule has 1 rings (SSSR count). The van der Waals surface area contributed by atoms with E-state index >= 15 is 0 Å². The van der Waals surface area contributed by atoms with E-state index in [9.17, 15) is 9.59 Å². The Hall–Kier alpha value is -1.46. The van der Waals surface area contributed by atoms with Gasteiger partial charge in [0.1, 0.15) is 0 Å². The maximum absolute atomic E-state index is 10.8. The van der Waals surface area contributed by atoms with Crippen molar-refractivity contribution in [3.63, 3.8) is 0 Å². The molecule has 74 valence electrons. The van der Waals surface area contributed by atoms with E-state index in [-0.39, 0.29) is 12.0 Å². The van der Waals surface area contributed by atoms with Crippen molar-refractivity contribution in [1.82, 2.24) is 10.2 Å². The standard InChI is InChI=1S/C7H12N2O4/c1-13-7(12)9-3-5(4-9)2-8-6(10)11/h5,8H,2-4H2,1H3,(H,10,11). The average molecular weight is 188 g/mol. The van der Waals surface area contributed by atoms with Crippen LogP contribution in [0, 0.1) is 5.92 Å². The van der Waals surface area contributed by atoms with Crippen molar-refractivity contribution in [3.05, 3.63) is 0 Å². The van der Waals surface area contributed by atoms with Gasteiger partial charge < -0.3 is 20.1 Å². The van der Waals surface area contributed by atoms with Crippen LogP contribution in [0.5, 0.6) is 0 Å². The summed E-state index contributed by atoms with van der Waals surface area (Å²) in [6.45, 7) is 1.52. The zero-order valence-electron chi connectivity index (χ0n) is 7.32. The Morgan fingerprint density at radius 3 is 2.69 bits per heavy atom. The monoisotopic (exact) mass is 188 g/mol. The van der Waals surface area contributed by atoms with Crippen LogP contribution in [-0.4, -0.2) is 48.9 Å². The molecule has 0 atom stereocenters. The topological polar surface area (TPSA) is 78.9 Å². The molecule has 1 fully saturated rings. The maximum atomic E-state index is 10.8. The van der Waals surface area contributed by atoms with Crippen LogP contribution < -0.4 is 5.32 Å². The van der Waals surface area contributed by atoms with Crippen LogP contribution in [0.15, 0.2) is 0 Å². The van der Waals surface area contributed by atoms with Gasteiger partial charge in [-0.15, -0.1) is 0 Å². The summed E-state index contributed by atoms with van der Waals surface area (Å²) in [7, 11) is 1.32. The van der Waals surface area contributed by atoms with Gasteiger partial charge in [0.15, 0.2) is 0 Å². The number of carbonyl (C=O) groups is 2. The second kappa shape index (κ2) is 3.97. The Balaban J connectivity index is 2.11. The van der Waals surface area contributed by atoms with Crippen molar-refractivity contribution in [2.24, 2.45) is 5.92 Å². The number of ether oxygens (including phenoxy) is 1. The third-order valence-electron chi connectivity index (χ3n) is 1.93. The second-order valence-electron chi connectivity index (χ2n) is 2.93. The van der Waals surface area contributed by atoms with Gasteiger partial charge in [-0.1, -0.05) is 0 Å². The molecular weight excluding hydrogens is 176 g/mol. The molecule has 0 aromatic heterocycles. The minimum Gasteiger partial charge on any atom is -0.465 e.